The van der Waals surface area contributed by atoms with E-state index in [0.29, 0.717) is 19.6 Å². The highest BCUT2D eigenvalue weighted by atomic mass is 32.2. The van der Waals surface area contributed by atoms with E-state index in [-0.39, 0.29) is 11.2 Å². The molecule has 0 aliphatic carbocycles. The maximum Gasteiger partial charge on any atom is 0.411 e. The monoisotopic (exact) mass is 409 g/mol. The molecule has 0 aromatic heterocycles. The summed E-state index contributed by atoms with van der Waals surface area (Å²) in [4.78, 5) is 26.6. The molecular weight excluding hydrogens is 378 g/mol. The second-order valence-corrected chi connectivity index (χ2v) is 9.04. The summed E-state index contributed by atoms with van der Waals surface area (Å²) in [5, 5.41) is 0.273. The van der Waals surface area contributed by atoms with E-state index in [4.69, 9.17) is 14.2 Å². The average molecular weight is 410 g/mol. The average Bonchev–Trinajstić information content (AvgIpc) is 2.65. The zero-order valence-corrected chi connectivity index (χ0v) is 18.2. The Balaban J connectivity index is 2.00. The molecule has 28 heavy (non-hydrogen) atoms. The Kier molecular flexibility index (Phi) is 8.04. The maximum atomic E-state index is 12.6. The van der Waals surface area contributed by atoms with Crippen LogP contribution in [-0.2, 0) is 20.0 Å². The number of nitrogens with zero attached hydrogens (tertiary/aromatic N) is 1. The molecule has 1 aromatic rings. The number of rotatable bonds is 6. The molecule has 1 heterocycles. The van der Waals surface area contributed by atoms with Crippen molar-refractivity contribution in [2.45, 2.75) is 63.2 Å². The van der Waals surface area contributed by atoms with Crippen molar-refractivity contribution in [2.75, 3.05) is 20.3 Å². The Morgan fingerprint density at radius 3 is 2.46 bits per heavy atom. The Bertz CT molecular complexity index is 656. The van der Waals surface area contributed by atoms with Crippen LogP contribution in [0, 0.1) is 0 Å². The molecule has 1 aliphatic heterocycles. The fourth-order valence-electron chi connectivity index (χ4n) is 3.02. The zero-order chi connectivity index (χ0) is 20.7. The number of amides is 1. The van der Waals surface area contributed by atoms with Crippen molar-refractivity contribution in [3.05, 3.63) is 29.8 Å². The first kappa shape index (κ1) is 22.4. The first-order valence-corrected chi connectivity index (χ1v) is 10.7. The quantitative estimate of drug-likeness (QED) is 0.654. The van der Waals surface area contributed by atoms with Crippen LogP contribution in [-0.4, -0.2) is 54.1 Å². The van der Waals surface area contributed by atoms with Crippen LogP contribution < -0.4 is 4.74 Å². The van der Waals surface area contributed by atoms with Gasteiger partial charge in [-0.15, -0.1) is 0 Å². The van der Waals surface area contributed by atoms with E-state index in [0.717, 1.165) is 17.9 Å². The number of piperidine rings is 1. The van der Waals surface area contributed by atoms with Crippen LogP contribution in [0.4, 0.5) is 4.79 Å². The molecule has 156 valence electrons. The lowest BCUT2D eigenvalue weighted by molar-refractivity contribution is -0.150. The van der Waals surface area contributed by atoms with Gasteiger partial charge in [-0.1, -0.05) is 12.1 Å². The Labute approximate surface area is 171 Å². The van der Waals surface area contributed by atoms with Crippen molar-refractivity contribution < 1.29 is 23.8 Å². The number of likely N-dealkylation sites (tertiary alicyclic amines) is 1. The third kappa shape index (κ3) is 6.62. The van der Waals surface area contributed by atoms with Gasteiger partial charge in [-0.25, -0.2) is 9.59 Å². The van der Waals surface area contributed by atoms with Crippen LogP contribution in [0.2, 0.25) is 0 Å². The third-order valence-electron chi connectivity index (χ3n) is 4.39. The maximum absolute atomic E-state index is 12.6. The van der Waals surface area contributed by atoms with Gasteiger partial charge in [-0.2, -0.15) is 11.8 Å². The summed E-state index contributed by atoms with van der Waals surface area (Å²) in [5.74, 6) is 1.32. The number of hydrogen-bond acceptors (Lipinski definition) is 6. The van der Waals surface area contributed by atoms with E-state index in [2.05, 4.69) is 0 Å². The molecule has 0 radical (unpaired) electrons. The van der Waals surface area contributed by atoms with Crippen LogP contribution in [0.3, 0.4) is 0 Å². The summed E-state index contributed by atoms with van der Waals surface area (Å²) in [6.45, 7) is 8.01. The zero-order valence-electron chi connectivity index (χ0n) is 17.4. The molecule has 7 heteroatoms. The van der Waals surface area contributed by atoms with Gasteiger partial charge in [0, 0.05) is 17.5 Å². The SMILES string of the molecule is CCOC(=O)C1CC(SCc2ccc(OC)cc2)CCN1C(=O)OC(C)(C)C. The fraction of sp³-hybridized carbons (Fsp3) is 0.619. The summed E-state index contributed by atoms with van der Waals surface area (Å²) in [6, 6.07) is 7.39. The van der Waals surface area contributed by atoms with Crippen LogP contribution in [0.15, 0.2) is 24.3 Å². The molecule has 2 unspecified atom stereocenters. The van der Waals surface area contributed by atoms with E-state index < -0.39 is 17.7 Å². The third-order valence-corrected chi connectivity index (χ3v) is 5.79. The van der Waals surface area contributed by atoms with Gasteiger partial charge < -0.3 is 14.2 Å². The Morgan fingerprint density at radius 1 is 1.21 bits per heavy atom. The molecule has 1 saturated heterocycles. The number of carbonyl (C=O) groups is 2. The number of carbonyl (C=O) groups excluding carboxylic acids is 2. The van der Waals surface area contributed by atoms with Crippen molar-refractivity contribution >= 4 is 23.8 Å². The van der Waals surface area contributed by atoms with Crippen molar-refractivity contribution in [1.82, 2.24) is 4.90 Å². The van der Waals surface area contributed by atoms with E-state index in [1.807, 2.05) is 45.0 Å². The number of benzene rings is 1. The minimum atomic E-state index is -0.601. The summed E-state index contributed by atoms with van der Waals surface area (Å²) in [6.07, 6.45) is 0.929. The predicted molar refractivity (Wildman–Crippen MR) is 111 cm³/mol. The highest BCUT2D eigenvalue weighted by Gasteiger charge is 2.39. The fourth-order valence-corrected chi connectivity index (χ4v) is 4.23. The van der Waals surface area contributed by atoms with Gasteiger partial charge in [0.2, 0.25) is 0 Å². The largest absolute Gasteiger partial charge is 0.497 e. The van der Waals surface area contributed by atoms with Crippen LogP contribution >= 0.6 is 11.8 Å². The number of hydrogen-bond donors (Lipinski definition) is 0. The van der Waals surface area contributed by atoms with Gasteiger partial charge in [-0.05, 0) is 58.2 Å². The molecule has 1 fully saturated rings. The smallest absolute Gasteiger partial charge is 0.411 e. The van der Waals surface area contributed by atoms with Crippen molar-refractivity contribution in [3.8, 4) is 5.75 Å². The van der Waals surface area contributed by atoms with E-state index in [9.17, 15) is 9.59 Å². The summed E-state index contributed by atoms with van der Waals surface area (Å²) < 4.78 is 15.9. The van der Waals surface area contributed by atoms with E-state index in [1.54, 1.807) is 25.8 Å². The first-order chi connectivity index (χ1) is 13.2. The lowest BCUT2D eigenvalue weighted by atomic mass is 10.0. The van der Waals surface area contributed by atoms with Crippen LogP contribution in [0.1, 0.15) is 46.1 Å². The van der Waals surface area contributed by atoms with Gasteiger partial charge in [0.1, 0.15) is 17.4 Å². The summed E-state index contributed by atoms with van der Waals surface area (Å²) >= 11 is 1.80. The standard InChI is InChI=1S/C21H31NO5S/c1-6-26-19(23)18-13-17(11-12-22(18)20(24)27-21(2,3)4)28-14-15-7-9-16(25-5)10-8-15/h7-10,17-18H,6,11-14H2,1-5H3. The highest BCUT2D eigenvalue weighted by Crippen LogP contribution is 2.31. The molecule has 1 aromatic carbocycles. The van der Waals surface area contributed by atoms with Crippen molar-refractivity contribution in [1.29, 1.82) is 0 Å². The molecule has 0 spiro atoms. The Morgan fingerprint density at radius 2 is 1.89 bits per heavy atom. The van der Waals surface area contributed by atoms with Gasteiger partial charge in [-0.3, -0.25) is 4.90 Å². The molecule has 1 amide bonds. The molecule has 6 nitrogen and oxygen atoms in total. The van der Waals surface area contributed by atoms with Gasteiger partial charge in [0.05, 0.1) is 13.7 Å². The second kappa shape index (κ2) is 10.0. The van der Waals surface area contributed by atoms with E-state index >= 15 is 0 Å². The number of esters is 1. The molecule has 0 bridgehead atoms. The lowest BCUT2D eigenvalue weighted by Crippen LogP contribution is -2.52. The molecule has 0 saturated carbocycles. The predicted octanol–water partition coefficient (Wildman–Crippen LogP) is 4.26. The highest BCUT2D eigenvalue weighted by molar-refractivity contribution is 7.99. The summed E-state index contributed by atoms with van der Waals surface area (Å²) in [5.41, 5.74) is 0.601. The molecular formula is C21H31NO5S. The molecule has 1 aliphatic rings. The summed E-state index contributed by atoms with van der Waals surface area (Å²) in [7, 11) is 1.65. The second-order valence-electron chi connectivity index (χ2n) is 7.75. The lowest BCUT2D eigenvalue weighted by Gasteiger charge is -2.38. The number of methoxy groups -OCH3 is 1. The minimum absolute atomic E-state index is 0.273. The van der Waals surface area contributed by atoms with Crippen molar-refractivity contribution in [3.63, 3.8) is 0 Å². The number of ether oxygens (including phenoxy) is 3. The topological polar surface area (TPSA) is 65.1 Å². The van der Waals surface area contributed by atoms with Crippen LogP contribution in [0.25, 0.3) is 0 Å². The minimum Gasteiger partial charge on any atom is -0.497 e. The van der Waals surface area contributed by atoms with Gasteiger partial charge in [0.15, 0.2) is 0 Å². The van der Waals surface area contributed by atoms with Crippen LogP contribution in [0.5, 0.6) is 5.75 Å². The Hall–Kier alpha value is -1.89. The van der Waals surface area contributed by atoms with Crippen molar-refractivity contribution in [2.24, 2.45) is 0 Å². The molecule has 2 atom stereocenters. The number of thioether (sulfide) groups is 1. The molecule has 2 rings (SSSR count). The molecule has 0 N–H and O–H groups in total. The van der Waals surface area contributed by atoms with Gasteiger partial charge in [0.25, 0.3) is 0 Å². The van der Waals surface area contributed by atoms with E-state index in [1.165, 1.54) is 10.5 Å². The van der Waals surface area contributed by atoms with Gasteiger partial charge >= 0.3 is 12.1 Å². The first-order valence-electron chi connectivity index (χ1n) is 9.64. The normalized spacial score (nSPS) is 19.8.